The van der Waals surface area contributed by atoms with Crippen LogP contribution in [-0.4, -0.2) is 55.2 Å². The number of nitrogens with one attached hydrogen (secondary N) is 2. The molecule has 10 nitrogen and oxygen atoms in total. The Balaban J connectivity index is 0.00000300. The van der Waals surface area contributed by atoms with Crippen LogP contribution in [0.3, 0.4) is 0 Å². The molecular formula is C18H32IN9O. The first-order valence-electron chi connectivity index (χ1n) is 9.92. The molecule has 0 aliphatic carbocycles. The van der Waals surface area contributed by atoms with Crippen LogP contribution in [0.25, 0.3) is 0 Å². The summed E-state index contributed by atoms with van der Waals surface area (Å²) in [7, 11) is 3.62. The average Bonchev–Trinajstić information content (AvgIpc) is 3.23. The van der Waals surface area contributed by atoms with Gasteiger partial charge in [0.25, 0.3) is 0 Å². The smallest absolute Gasteiger partial charge is 0.191 e. The number of ether oxygens (including phenoxy) is 1. The minimum absolute atomic E-state index is 0. The topological polar surface area (TPSA) is 107 Å². The Morgan fingerprint density at radius 2 is 2.17 bits per heavy atom. The molecule has 1 aliphatic heterocycles. The van der Waals surface area contributed by atoms with Crippen molar-refractivity contribution in [1.29, 1.82) is 0 Å². The van der Waals surface area contributed by atoms with Crippen molar-refractivity contribution < 1.29 is 4.74 Å². The first-order chi connectivity index (χ1) is 13.6. The van der Waals surface area contributed by atoms with E-state index < -0.39 is 0 Å². The zero-order chi connectivity index (χ0) is 19.9. The van der Waals surface area contributed by atoms with E-state index in [0.717, 1.165) is 68.0 Å². The number of aliphatic imine (C=N–C) groups is 1. The molecule has 3 rings (SSSR count). The molecule has 3 heterocycles. The molecule has 0 aromatic carbocycles. The van der Waals surface area contributed by atoms with Gasteiger partial charge < -0.3 is 19.9 Å². The largest absolute Gasteiger partial charge is 0.377 e. The van der Waals surface area contributed by atoms with E-state index in [1.807, 2.05) is 23.2 Å². The lowest BCUT2D eigenvalue weighted by molar-refractivity contribution is 0.177. The van der Waals surface area contributed by atoms with Crippen LogP contribution in [0, 0.1) is 6.92 Å². The van der Waals surface area contributed by atoms with Gasteiger partial charge in [0.05, 0.1) is 6.54 Å². The molecule has 0 saturated heterocycles. The fraction of sp³-hybridized carbons (Fsp3) is 0.722. The number of fused-ring (bicyclic) bond motifs is 1. The molecule has 2 aromatic heterocycles. The third-order valence-corrected chi connectivity index (χ3v) is 4.90. The number of rotatable bonds is 8. The van der Waals surface area contributed by atoms with Crippen LogP contribution in [0.4, 0.5) is 0 Å². The van der Waals surface area contributed by atoms with Gasteiger partial charge in [-0.1, -0.05) is 13.3 Å². The molecule has 0 radical (unpaired) electrons. The number of nitrogens with zero attached hydrogens (tertiary/aromatic N) is 7. The maximum Gasteiger partial charge on any atom is 0.191 e. The summed E-state index contributed by atoms with van der Waals surface area (Å²) in [5.74, 6) is 4.31. The van der Waals surface area contributed by atoms with Crippen molar-refractivity contribution in [2.24, 2.45) is 12.0 Å². The molecule has 0 saturated carbocycles. The number of aryl methyl sites for hydroxylation is 2. The van der Waals surface area contributed by atoms with Crippen molar-refractivity contribution in [3.63, 3.8) is 0 Å². The molecule has 162 valence electrons. The van der Waals surface area contributed by atoms with E-state index >= 15 is 0 Å². The van der Waals surface area contributed by atoms with Gasteiger partial charge in [-0.3, -0.25) is 0 Å². The first kappa shape index (κ1) is 23.5. The first-order valence-corrected chi connectivity index (χ1v) is 9.92. The minimum Gasteiger partial charge on any atom is -0.377 e. The third kappa shape index (κ3) is 6.36. The van der Waals surface area contributed by atoms with Crippen molar-refractivity contribution in [1.82, 2.24) is 40.2 Å². The van der Waals surface area contributed by atoms with E-state index in [4.69, 9.17) is 9.73 Å². The molecule has 0 amide bonds. The summed E-state index contributed by atoms with van der Waals surface area (Å²) in [6.07, 6.45) is 4.11. The highest BCUT2D eigenvalue weighted by atomic mass is 127. The fourth-order valence-corrected chi connectivity index (χ4v) is 3.14. The van der Waals surface area contributed by atoms with E-state index in [9.17, 15) is 0 Å². The summed E-state index contributed by atoms with van der Waals surface area (Å²) in [5.41, 5.74) is 0. The van der Waals surface area contributed by atoms with Gasteiger partial charge in [-0.2, -0.15) is 5.10 Å². The molecule has 2 aromatic rings. The molecule has 0 fully saturated rings. The molecular weight excluding hydrogens is 485 g/mol. The van der Waals surface area contributed by atoms with Crippen molar-refractivity contribution >= 4 is 29.9 Å². The van der Waals surface area contributed by atoms with Gasteiger partial charge in [0, 0.05) is 33.2 Å². The summed E-state index contributed by atoms with van der Waals surface area (Å²) in [4.78, 5) is 9.27. The lowest BCUT2D eigenvalue weighted by Gasteiger charge is -2.25. The van der Waals surface area contributed by atoms with E-state index in [1.54, 1.807) is 7.11 Å². The number of aromatic nitrogens is 6. The Bertz CT molecular complexity index is 801. The monoisotopic (exact) mass is 517 g/mol. The number of methoxy groups -OCH3 is 1. The molecule has 11 heteroatoms. The van der Waals surface area contributed by atoms with Crippen molar-refractivity contribution in [3.05, 3.63) is 23.3 Å². The van der Waals surface area contributed by atoms with E-state index in [0.29, 0.717) is 13.2 Å². The predicted octanol–water partition coefficient (Wildman–Crippen LogP) is 1.33. The number of halogens is 1. The third-order valence-electron chi connectivity index (χ3n) is 4.90. The van der Waals surface area contributed by atoms with Crippen LogP contribution in [0.15, 0.2) is 4.99 Å². The summed E-state index contributed by atoms with van der Waals surface area (Å²) < 4.78 is 9.08. The van der Waals surface area contributed by atoms with Gasteiger partial charge in [0.1, 0.15) is 24.8 Å². The summed E-state index contributed by atoms with van der Waals surface area (Å²) in [6.45, 7) is 6.70. The second-order valence-corrected chi connectivity index (χ2v) is 7.11. The Morgan fingerprint density at radius 1 is 1.34 bits per heavy atom. The van der Waals surface area contributed by atoms with Gasteiger partial charge in [0.2, 0.25) is 0 Å². The fourth-order valence-electron chi connectivity index (χ4n) is 3.14. The highest BCUT2D eigenvalue weighted by Crippen LogP contribution is 2.13. The molecule has 1 unspecified atom stereocenters. The maximum atomic E-state index is 5.14. The Hall–Kier alpha value is -1.76. The van der Waals surface area contributed by atoms with Crippen LogP contribution in [0.1, 0.15) is 49.5 Å². The highest BCUT2D eigenvalue weighted by Gasteiger charge is 2.22. The molecule has 29 heavy (non-hydrogen) atoms. The highest BCUT2D eigenvalue weighted by molar-refractivity contribution is 14.0. The minimum atomic E-state index is 0. The average molecular weight is 517 g/mol. The molecule has 0 spiro atoms. The standard InChI is InChI=1S/C18H31N9O.HI/c1-5-6-9-19-18(20-10-17-24-23-13(2)26(17)3)21-14-7-8-16-22-15(12-28-4)25-27(16)11-14;/h14H,5-12H2,1-4H3,(H2,19,20,21);1H. The van der Waals surface area contributed by atoms with Crippen LogP contribution in [0.5, 0.6) is 0 Å². The van der Waals surface area contributed by atoms with E-state index in [2.05, 4.69) is 37.8 Å². The lowest BCUT2D eigenvalue weighted by Crippen LogP contribution is -2.47. The maximum absolute atomic E-state index is 5.14. The van der Waals surface area contributed by atoms with Gasteiger partial charge >= 0.3 is 0 Å². The van der Waals surface area contributed by atoms with E-state index in [-0.39, 0.29) is 30.0 Å². The van der Waals surface area contributed by atoms with E-state index in [1.165, 1.54) is 0 Å². The SMILES string of the molecule is CCCCNC(=NCc1nnc(C)n1C)NC1CCc2nc(COC)nn2C1.I. The molecule has 2 N–H and O–H groups in total. The zero-order valence-corrected chi connectivity index (χ0v) is 20.0. The second-order valence-electron chi connectivity index (χ2n) is 7.11. The normalized spacial score (nSPS) is 16.3. The summed E-state index contributed by atoms with van der Waals surface area (Å²) in [6, 6.07) is 0.249. The number of hydrogen-bond donors (Lipinski definition) is 2. The lowest BCUT2D eigenvalue weighted by atomic mass is 10.1. The van der Waals surface area contributed by atoms with Crippen LogP contribution >= 0.6 is 24.0 Å². The quantitative estimate of drug-likeness (QED) is 0.236. The number of hydrogen-bond acceptors (Lipinski definition) is 6. The van der Waals surface area contributed by atoms with Crippen LogP contribution in [-0.2, 0) is 37.9 Å². The van der Waals surface area contributed by atoms with Crippen molar-refractivity contribution in [3.8, 4) is 0 Å². The van der Waals surface area contributed by atoms with Crippen molar-refractivity contribution in [2.45, 2.75) is 65.3 Å². The number of unbranched alkanes of at least 4 members (excludes halogenated alkanes) is 1. The van der Waals surface area contributed by atoms with Gasteiger partial charge in [-0.25, -0.2) is 14.7 Å². The zero-order valence-electron chi connectivity index (χ0n) is 17.7. The molecule has 0 bridgehead atoms. The molecule has 1 aliphatic rings. The van der Waals surface area contributed by atoms with Gasteiger partial charge in [-0.15, -0.1) is 34.2 Å². The Kier molecular flexibility index (Phi) is 9.27. The predicted molar refractivity (Wildman–Crippen MR) is 121 cm³/mol. The van der Waals surface area contributed by atoms with Gasteiger partial charge in [0.15, 0.2) is 17.6 Å². The summed E-state index contributed by atoms with van der Waals surface area (Å²) in [5, 5.41) is 19.8. The molecule has 1 atom stereocenters. The second kappa shape index (κ2) is 11.4. The van der Waals surface area contributed by atoms with Crippen LogP contribution in [0.2, 0.25) is 0 Å². The summed E-state index contributed by atoms with van der Waals surface area (Å²) >= 11 is 0. The Morgan fingerprint density at radius 3 is 2.86 bits per heavy atom. The Labute approximate surface area is 188 Å². The number of guanidine groups is 1. The van der Waals surface area contributed by atoms with Crippen LogP contribution < -0.4 is 10.6 Å². The van der Waals surface area contributed by atoms with Crippen molar-refractivity contribution in [2.75, 3.05) is 13.7 Å². The van der Waals surface area contributed by atoms with Gasteiger partial charge in [-0.05, 0) is 19.8 Å².